The van der Waals surface area contributed by atoms with Gasteiger partial charge in [-0.25, -0.2) is 0 Å². The van der Waals surface area contributed by atoms with Gasteiger partial charge in [-0.1, -0.05) is 38.8 Å². The standard InChI is InChI=1S/2C12H13.C2H4.2ClH.Ti/c2*1-2-5-10-8-11-6-3-4-7-12(11)9-10;1-2;;;/h2*3-4,6-9H,2,5H2,1H3;1H,2H3;2*1H;/q2*-1;;;;+2/p-2. The zero-order chi connectivity index (χ0) is 21.1. The van der Waals surface area contributed by atoms with Gasteiger partial charge >= 0.3 is 45.1 Å². The van der Waals surface area contributed by atoms with E-state index in [0.29, 0.717) is 0 Å². The Bertz CT molecular complexity index is 877. The molecular formula is C26H30Cl2Ti-2. The third-order valence-electron chi connectivity index (χ3n) is 4.65. The minimum absolute atomic E-state index is 1.20. The number of hydrogen-bond acceptors (Lipinski definition) is 0. The van der Waals surface area contributed by atoms with Crippen molar-refractivity contribution in [3.8, 4) is 0 Å². The quantitative estimate of drug-likeness (QED) is 0.211. The fraction of sp³-hybridized carbons (Fsp3) is 0.269. The van der Waals surface area contributed by atoms with E-state index < -0.39 is 15.3 Å². The second-order valence-electron chi connectivity index (χ2n) is 7.06. The van der Waals surface area contributed by atoms with Crippen molar-refractivity contribution in [2.45, 2.75) is 46.5 Å². The van der Waals surface area contributed by atoms with Crippen molar-refractivity contribution in [3.05, 3.63) is 83.9 Å². The van der Waals surface area contributed by atoms with Gasteiger partial charge < -0.3 is 0 Å². The maximum atomic E-state index is 5.34. The van der Waals surface area contributed by atoms with Crippen molar-refractivity contribution in [2.24, 2.45) is 0 Å². The molecule has 4 aromatic rings. The zero-order valence-electron chi connectivity index (χ0n) is 17.6. The Kier molecular flexibility index (Phi) is 11.0. The van der Waals surface area contributed by atoms with Crippen LogP contribution >= 0.6 is 18.6 Å². The van der Waals surface area contributed by atoms with E-state index in [0.717, 1.165) is 0 Å². The molecule has 0 aliphatic carbocycles. The molecule has 0 saturated carbocycles. The number of aryl methyl sites for hydroxylation is 2. The first-order chi connectivity index (χ1) is 14.1. The summed E-state index contributed by atoms with van der Waals surface area (Å²) in [6, 6.07) is 26.2. The van der Waals surface area contributed by atoms with Crippen LogP contribution in [0.5, 0.6) is 0 Å². The van der Waals surface area contributed by atoms with Crippen molar-refractivity contribution in [1.82, 2.24) is 0 Å². The van der Waals surface area contributed by atoms with Gasteiger partial charge in [-0.2, -0.15) is 12.1 Å². The molecular weight excluding hydrogens is 431 g/mol. The van der Waals surface area contributed by atoms with Crippen LogP contribution in [-0.4, -0.2) is 4.31 Å². The molecule has 0 amide bonds. The van der Waals surface area contributed by atoms with Crippen LogP contribution in [0.4, 0.5) is 0 Å². The summed E-state index contributed by atoms with van der Waals surface area (Å²) < 4.78 is 1.86. The molecule has 4 aromatic carbocycles. The first kappa shape index (κ1) is 24.1. The summed E-state index contributed by atoms with van der Waals surface area (Å²) in [6.07, 6.45) is 4.87. The van der Waals surface area contributed by atoms with Gasteiger partial charge in [0, 0.05) is 0 Å². The van der Waals surface area contributed by atoms with Crippen molar-refractivity contribution in [1.29, 1.82) is 0 Å². The molecule has 0 N–H and O–H groups in total. The Balaban J connectivity index is 0.000000170. The summed E-state index contributed by atoms with van der Waals surface area (Å²) in [5.41, 5.74) is 2.94. The van der Waals surface area contributed by atoms with Gasteiger partial charge in [0.15, 0.2) is 0 Å². The van der Waals surface area contributed by atoms with Crippen LogP contribution in [0.2, 0.25) is 0 Å². The Morgan fingerprint density at radius 3 is 1.45 bits per heavy atom. The molecule has 0 nitrogen and oxygen atoms in total. The monoisotopic (exact) mass is 460 g/mol. The topological polar surface area (TPSA) is 0 Å². The van der Waals surface area contributed by atoms with Gasteiger partial charge in [0.1, 0.15) is 0 Å². The molecule has 0 aromatic heterocycles. The summed E-state index contributed by atoms with van der Waals surface area (Å²) in [7, 11) is 10.7. The number of rotatable bonds is 4. The van der Waals surface area contributed by atoms with E-state index in [1.54, 1.807) is 0 Å². The molecule has 0 heterocycles. The predicted molar refractivity (Wildman–Crippen MR) is 131 cm³/mol. The van der Waals surface area contributed by atoms with Crippen LogP contribution in [0, 0.1) is 0 Å². The Morgan fingerprint density at radius 2 is 1.14 bits per heavy atom. The fourth-order valence-electron chi connectivity index (χ4n) is 3.30. The first-order valence-electron chi connectivity index (χ1n) is 10.3. The van der Waals surface area contributed by atoms with Crippen molar-refractivity contribution in [3.63, 3.8) is 0 Å². The van der Waals surface area contributed by atoms with Gasteiger partial charge in [0.05, 0.1) is 0 Å². The Morgan fingerprint density at radius 1 is 0.759 bits per heavy atom. The summed E-state index contributed by atoms with van der Waals surface area (Å²) in [6.45, 7) is 6.32. The molecule has 0 atom stereocenters. The summed E-state index contributed by atoms with van der Waals surface area (Å²) in [5.74, 6) is 0. The molecule has 3 heteroatoms. The fourth-order valence-corrected chi connectivity index (χ4v) is 3.30. The summed E-state index contributed by atoms with van der Waals surface area (Å²) in [4.78, 5) is 0. The van der Waals surface area contributed by atoms with E-state index in [1.807, 2.05) is 11.2 Å². The molecule has 4 rings (SSSR count). The van der Waals surface area contributed by atoms with Gasteiger partial charge in [0.2, 0.25) is 0 Å². The number of benzene rings is 2. The molecule has 0 saturated heterocycles. The predicted octanol–water partition coefficient (Wildman–Crippen LogP) is 8.76. The van der Waals surface area contributed by atoms with Crippen LogP contribution < -0.4 is 0 Å². The average molecular weight is 461 g/mol. The van der Waals surface area contributed by atoms with Gasteiger partial charge in [-0.3, -0.25) is 0 Å². The SMILES string of the molecule is CCCc1cc2ccccc2[cH-]1.CCCc1cc2ccccc2[cH-]1.C[CH]=[Ti]([Cl])[Cl]. The maximum absolute atomic E-state index is 5.34. The summed E-state index contributed by atoms with van der Waals surface area (Å²) in [5, 5.41) is 5.50. The number of hydrogen-bond donors (Lipinski definition) is 0. The van der Waals surface area contributed by atoms with Gasteiger partial charge in [-0.15, -0.1) is 81.2 Å². The number of fused-ring (bicyclic) bond motifs is 2. The van der Waals surface area contributed by atoms with Crippen LogP contribution in [0.15, 0.2) is 72.8 Å². The third kappa shape index (κ3) is 8.23. The molecule has 154 valence electrons. The van der Waals surface area contributed by atoms with E-state index in [9.17, 15) is 0 Å². The van der Waals surface area contributed by atoms with Gasteiger partial charge in [-0.05, 0) is 12.8 Å². The average Bonchev–Trinajstić information content (AvgIpc) is 3.32. The molecule has 0 aliphatic heterocycles. The minimum atomic E-state index is -1.54. The molecule has 0 bridgehead atoms. The van der Waals surface area contributed by atoms with Crippen LogP contribution in [0.1, 0.15) is 44.7 Å². The molecule has 29 heavy (non-hydrogen) atoms. The van der Waals surface area contributed by atoms with E-state index in [4.69, 9.17) is 18.6 Å². The van der Waals surface area contributed by atoms with Crippen molar-refractivity contribution < 1.29 is 15.3 Å². The van der Waals surface area contributed by atoms with E-state index in [2.05, 4.69) is 86.6 Å². The zero-order valence-corrected chi connectivity index (χ0v) is 20.7. The third-order valence-corrected chi connectivity index (χ3v) is 7.13. The van der Waals surface area contributed by atoms with Gasteiger partial charge in [0.25, 0.3) is 0 Å². The summed E-state index contributed by atoms with van der Waals surface area (Å²) >= 11 is -1.54. The second kappa shape index (κ2) is 13.2. The van der Waals surface area contributed by atoms with E-state index >= 15 is 0 Å². The Labute approximate surface area is 189 Å². The van der Waals surface area contributed by atoms with Crippen LogP contribution in [-0.2, 0) is 28.1 Å². The number of halogens is 2. The van der Waals surface area contributed by atoms with E-state index in [1.165, 1.54) is 58.4 Å². The van der Waals surface area contributed by atoms with E-state index in [-0.39, 0.29) is 0 Å². The molecule has 0 fully saturated rings. The molecule has 0 unspecified atom stereocenters. The molecule has 0 radical (unpaired) electrons. The Hall–Kier alpha value is -1.18. The normalized spacial score (nSPS) is 10.1. The van der Waals surface area contributed by atoms with Crippen molar-refractivity contribution >= 4 is 44.5 Å². The first-order valence-corrected chi connectivity index (χ1v) is 15.5. The van der Waals surface area contributed by atoms with Crippen LogP contribution in [0.25, 0.3) is 21.5 Å². The second-order valence-corrected chi connectivity index (χ2v) is 13.0. The molecule has 0 aliphatic rings. The van der Waals surface area contributed by atoms with Crippen LogP contribution in [0.3, 0.4) is 0 Å². The van der Waals surface area contributed by atoms with Crippen molar-refractivity contribution in [2.75, 3.05) is 0 Å². The molecule has 0 spiro atoms.